The number of carbonyl (C=O) groups is 1. The van der Waals surface area contributed by atoms with Crippen LogP contribution in [0.1, 0.15) is 6.92 Å². The van der Waals surface area contributed by atoms with Crippen LogP contribution in [0.2, 0.25) is 5.02 Å². The first-order valence-corrected chi connectivity index (χ1v) is 7.69. The molecule has 1 fully saturated rings. The maximum absolute atomic E-state index is 12.4. The van der Waals surface area contributed by atoms with Gasteiger partial charge in [0.1, 0.15) is 0 Å². The zero-order valence-electron chi connectivity index (χ0n) is 10.4. The minimum Gasteiger partial charge on any atom is -0.369 e. The highest BCUT2D eigenvalue weighted by Gasteiger charge is 2.39. The van der Waals surface area contributed by atoms with Crippen molar-refractivity contribution in [3.05, 3.63) is 29.3 Å². The second kappa shape index (κ2) is 5.11. The standard InChI is InChI=1S/C12H15ClN2O3S/c1-8-6-15(7-11(8)12(14)16)19(17,18)10-4-2-3-9(13)5-10/h2-5,8,11H,6-7H2,1H3,(H2,14,16)/t8-,11-/m1/s1. The van der Waals surface area contributed by atoms with Gasteiger partial charge in [0.05, 0.1) is 10.8 Å². The quantitative estimate of drug-likeness (QED) is 0.907. The van der Waals surface area contributed by atoms with E-state index in [1.807, 2.05) is 6.92 Å². The maximum atomic E-state index is 12.4. The monoisotopic (exact) mass is 302 g/mol. The van der Waals surface area contributed by atoms with Crippen molar-refractivity contribution in [2.24, 2.45) is 17.6 Å². The third kappa shape index (κ3) is 2.75. The van der Waals surface area contributed by atoms with Crippen LogP contribution in [-0.4, -0.2) is 31.7 Å². The van der Waals surface area contributed by atoms with Gasteiger partial charge in [-0.2, -0.15) is 4.31 Å². The van der Waals surface area contributed by atoms with E-state index < -0.39 is 21.8 Å². The van der Waals surface area contributed by atoms with Crippen LogP contribution >= 0.6 is 11.6 Å². The largest absolute Gasteiger partial charge is 0.369 e. The Morgan fingerprint density at radius 1 is 1.42 bits per heavy atom. The van der Waals surface area contributed by atoms with Gasteiger partial charge in [0, 0.05) is 18.1 Å². The summed E-state index contributed by atoms with van der Waals surface area (Å²) in [6, 6.07) is 6.09. The van der Waals surface area contributed by atoms with E-state index in [9.17, 15) is 13.2 Å². The summed E-state index contributed by atoms with van der Waals surface area (Å²) in [5.41, 5.74) is 5.27. The molecule has 0 radical (unpaired) electrons. The fourth-order valence-electron chi connectivity index (χ4n) is 2.27. The Morgan fingerprint density at radius 3 is 2.63 bits per heavy atom. The summed E-state index contributed by atoms with van der Waals surface area (Å²) < 4.78 is 26.1. The fraction of sp³-hybridized carbons (Fsp3) is 0.417. The Bertz CT molecular complexity index is 603. The van der Waals surface area contributed by atoms with Gasteiger partial charge in [-0.25, -0.2) is 8.42 Å². The van der Waals surface area contributed by atoms with Crippen LogP contribution in [0.25, 0.3) is 0 Å². The summed E-state index contributed by atoms with van der Waals surface area (Å²) in [6.45, 7) is 2.25. The van der Waals surface area contributed by atoms with Crippen molar-refractivity contribution in [1.29, 1.82) is 0 Å². The number of nitrogens with two attached hydrogens (primary N) is 1. The predicted octanol–water partition coefficient (Wildman–Crippen LogP) is 1.08. The molecule has 0 spiro atoms. The molecule has 5 nitrogen and oxygen atoms in total. The third-order valence-corrected chi connectivity index (χ3v) is 5.44. The molecule has 1 amide bonds. The van der Waals surface area contributed by atoms with E-state index in [1.54, 1.807) is 12.1 Å². The molecule has 0 aromatic heterocycles. The summed E-state index contributed by atoms with van der Waals surface area (Å²) in [7, 11) is -3.62. The van der Waals surface area contributed by atoms with Gasteiger partial charge in [-0.1, -0.05) is 24.6 Å². The lowest BCUT2D eigenvalue weighted by atomic mass is 9.98. The van der Waals surface area contributed by atoms with Crippen molar-refractivity contribution in [3.63, 3.8) is 0 Å². The number of amides is 1. The highest BCUT2D eigenvalue weighted by Crippen LogP contribution is 2.29. The summed E-state index contributed by atoms with van der Waals surface area (Å²) in [4.78, 5) is 11.4. The first-order valence-electron chi connectivity index (χ1n) is 5.87. The number of rotatable bonds is 3. The summed E-state index contributed by atoms with van der Waals surface area (Å²) >= 11 is 5.81. The lowest BCUT2D eigenvalue weighted by Crippen LogP contribution is -2.32. The highest BCUT2D eigenvalue weighted by atomic mass is 35.5. The lowest BCUT2D eigenvalue weighted by Gasteiger charge is -2.16. The molecule has 1 aromatic carbocycles. The van der Waals surface area contributed by atoms with Crippen LogP contribution in [0.5, 0.6) is 0 Å². The Kier molecular flexibility index (Phi) is 3.85. The molecule has 0 bridgehead atoms. The number of sulfonamides is 1. The molecule has 1 heterocycles. The van der Waals surface area contributed by atoms with Gasteiger partial charge in [-0.3, -0.25) is 4.79 Å². The topological polar surface area (TPSA) is 80.5 Å². The number of hydrogen-bond acceptors (Lipinski definition) is 3. The van der Waals surface area contributed by atoms with Crippen molar-refractivity contribution in [2.45, 2.75) is 11.8 Å². The van der Waals surface area contributed by atoms with Gasteiger partial charge in [0.25, 0.3) is 0 Å². The van der Waals surface area contributed by atoms with Crippen LogP contribution in [0.15, 0.2) is 29.2 Å². The van der Waals surface area contributed by atoms with Gasteiger partial charge >= 0.3 is 0 Å². The van der Waals surface area contributed by atoms with E-state index in [4.69, 9.17) is 17.3 Å². The maximum Gasteiger partial charge on any atom is 0.243 e. The van der Waals surface area contributed by atoms with Gasteiger partial charge in [-0.15, -0.1) is 0 Å². The number of hydrogen-bond donors (Lipinski definition) is 1. The van der Waals surface area contributed by atoms with E-state index in [-0.39, 0.29) is 17.4 Å². The van der Waals surface area contributed by atoms with Gasteiger partial charge in [0.2, 0.25) is 15.9 Å². The van der Waals surface area contributed by atoms with E-state index >= 15 is 0 Å². The molecular formula is C12H15ClN2O3S. The average Bonchev–Trinajstić information content (AvgIpc) is 2.72. The molecule has 2 N–H and O–H groups in total. The van der Waals surface area contributed by atoms with E-state index in [0.29, 0.717) is 11.6 Å². The van der Waals surface area contributed by atoms with Gasteiger partial charge in [-0.05, 0) is 24.1 Å². The Balaban J connectivity index is 2.30. The molecular weight excluding hydrogens is 288 g/mol. The molecule has 104 valence electrons. The highest BCUT2D eigenvalue weighted by molar-refractivity contribution is 7.89. The Labute approximate surface area is 117 Å². The summed E-state index contributed by atoms with van der Waals surface area (Å²) in [5.74, 6) is -0.975. The number of halogens is 1. The van der Waals surface area contributed by atoms with E-state index in [0.717, 1.165) is 0 Å². The predicted molar refractivity (Wildman–Crippen MR) is 72.1 cm³/mol. The van der Waals surface area contributed by atoms with Crippen molar-refractivity contribution in [2.75, 3.05) is 13.1 Å². The zero-order valence-corrected chi connectivity index (χ0v) is 12.0. The molecule has 1 saturated heterocycles. The van der Waals surface area contributed by atoms with Crippen LogP contribution in [0.4, 0.5) is 0 Å². The van der Waals surface area contributed by atoms with E-state index in [1.165, 1.54) is 16.4 Å². The molecule has 1 aliphatic heterocycles. The van der Waals surface area contributed by atoms with E-state index in [2.05, 4.69) is 0 Å². The fourth-order valence-corrected chi connectivity index (χ4v) is 4.13. The zero-order chi connectivity index (χ0) is 14.2. The number of primary amides is 1. The number of carbonyl (C=O) groups excluding carboxylic acids is 1. The molecule has 1 aromatic rings. The number of benzene rings is 1. The summed E-state index contributed by atoms with van der Waals surface area (Å²) in [6.07, 6.45) is 0. The average molecular weight is 303 g/mol. The van der Waals surface area contributed by atoms with Crippen LogP contribution in [-0.2, 0) is 14.8 Å². The van der Waals surface area contributed by atoms with Gasteiger partial charge in [0.15, 0.2) is 0 Å². The lowest BCUT2D eigenvalue weighted by molar-refractivity contribution is -0.122. The summed E-state index contributed by atoms with van der Waals surface area (Å²) in [5, 5.41) is 0.361. The van der Waals surface area contributed by atoms with Crippen molar-refractivity contribution in [3.8, 4) is 0 Å². The van der Waals surface area contributed by atoms with Crippen molar-refractivity contribution < 1.29 is 13.2 Å². The molecule has 2 rings (SSSR count). The molecule has 7 heteroatoms. The second-order valence-electron chi connectivity index (χ2n) is 4.77. The minimum absolute atomic E-state index is 0.0774. The van der Waals surface area contributed by atoms with Crippen LogP contribution < -0.4 is 5.73 Å². The third-order valence-electron chi connectivity index (χ3n) is 3.38. The Hall–Kier alpha value is -1.11. The SMILES string of the molecule is C[C@@H]1CN(S(=O)(=O)c2cccc(Cl)c2)C[C@H]1C(N)=O. The van der Waals surface area contributed by atoms with Crippen molar-refractivity contribution in [1.82, 2.24) is 4.31 Å². The molecule has 19 heavy (non-hydrogen) atoms. The number of nitrogens with zero attached hydrogens (tertiary/aromatic N) is 1. The second-order valence-corrected chi connectivity index (χ2v) is 7.14. The smallest absolute Gasteiger partial charge is 0.243 e. The molecule has 1 aliphatic rings. The van der Waals surface area contributed by atoms with Crippen molar-refractivity contribution >= 4 is 27.5 Å². The molecule has 0 aliphatic carbocycles. The Morgan fingerprint density at radius 2 is 2.11 bits per heavy atom. The minimum atomic E-state index is -3.62. The van der Waals surface area contributed by atoms with Crippen LogP contribution in [0, 0.1) is 11.8 Å². The van der Waals surface area contributed by atoms with Crippen LogP contribution in [0.3, 0.4) is 0 Å². The molecule has 2 atom stereocenters. The molecule has 0 unspecified atom stereocenters. The first kappa shape index (κ1) is 14.3. The molecule has 0 saturated carbocycles. The normalized spacial score (nSPS) is 24.5. The first-order chi connectivity index (χ1) is 8.82. The van der Waals surface area contributed by atoms with Gasteiger partial charge < -0.3 is 5.73 Å².